The van der Waals surface area contributed by atoms with Crippen LogP contribution < -0.4 is 0 Å². The Labute approximate surface area is 147 Å². The highest BCUT2D eigenvalue weighted by Gasteiger charge is 2.25. The molecule has 3 rings (SSSR count). The Hall–Kier alpha value is -2.84. The number of carbonyl (C=O) groups is 1. The molecule has 0 radical (unpaired) electrons. The fourth-order valence-corrected chi connectivity index (χ4v) is 3.55. The van der Waals surface area contributed by atoms with Crippen LogP contribution in [0.1, 0.15) is 15.9 Å². The summed E-state index contributed by atoms with van der Waals surface area (Å²) in [5.74, 6) is -0.427. The van der Waals surface area contributed by atoms with E-state index in [1.165, 1.54) is 30.3 Å². The van der Waals surface area contributed by atoms with E-state index in [-0.39, 0.29) is 26.9 Å². The number of ketones is 1. The highest BCUT2D eigenvalue weighted by Crippen LogP contribution is 2.26. The summed E-state index contributed by atoms with van der Waals surface area (Å²) in [5.41, 5.74) is 0.190. The van der Waals surface area contributed by atoms with Crippen LogP contribution in [0.25, 0.3) is 0 Å². The van der Waals surface area contributed by atoms with E-state index in [1.807, 2.05) is 0 Å². The van der Waals surface area contributed by atoms with Gasteiger partial charge < -0.3 is 0 Å². The van der Waals surface area contributed by atoms with Crippen molar-refractivity contribution in [1.82, 2.24) is 0 Å². The van der Waals surface area contributed by atoms with E-state index in [1.54, 1.807) is 18.2 Å². The number of benzene rings is 2. The van der Waals surface area contributed by atoms with Crippen molar-refractivity contribution < 1.29 is 18.1 Å². The monoisotopic (exact) mass is 376 g/mol. The van der Waals surface area contributed by atoms with Crippen LogP contribution in [0.2, 0.25) is 0 Å². The van der Waals surface area contributed by atoms with Crippen LogP contribution in [0.15, 0.2) is 68.9 Å². The predicted molar refractivity (Wildman–Crippen MR) is 91.5 cm³/mol. The lowest BCUT2D eigenvalue weighted by molar-refractivity contribution is -0.385. The van der Waals surface area contributed by atoms with Gasteiger partial charge in [-0.15, -0.1) is 0 Å². The quantitative estimate of drug-likeness (QED) is 0.604. The molecule has 0 aromatic heterocycles. The minimum atomic E-state index is -4.23. The van der Waals surface area contributed by atoms with Crippen molar-refractivity contribution >= 4 is 38.8 Å². The molecule has 2 aromatic rings. The molecule has 0 unspecified atom stereocenters. The van der Waals surface area contributed by atoms with E-state index in [9.17, 15) is 23.3 Å². The standard InChI is InChI=1S/C16H9ClN2O5S/c17-14-9-15(12-6-1-2-7-13(12)16(14)20)18-25(23,24)11-5-3-4-10(8-11)19(21)22/h1-9H. The second-order valence-electron chi connectivity index (χ2n) is 5.07. The number of sulfonamides is 1. The molecule has 7 nitrogen and oxygen atoms in total. The Bertz CT molecular complexity index is 1070. The Morgan fingerprint density at radius 1 is 1.04 bits per heavy atom. The largest absolute Gasteiger partial charge is 0.288 e. The highest BCUT2D eigenvalue weighted by molar-refractivity contribution is 7.90. The maximum absolute atomic E-state index is 12.5. The van der Waals surface area contributed by atoms with Crippen LogP contribution in [-0.4, -0.2) is 24.8 Å². The smallest absolute Gasteiger partial charge is 0.283 e. The van der Waals surface area contributed by atoms with Crippen LogP contribution in [0.5, 0.6) is 0 Å². The van der Waals surface area contributed by atoms with Crippen molar-refractivity contribution in [2.45, 2.75) is 4.90 Å². The molecular weight excluding hydrogens is 368 g/mol. The Kier molecular flexibility index (Phi) is 4.23. The predicted octanol–water partition coefficient (Wildman–Crippen LogP) is 3.09. The number of carbonyl (C=O) groups excluding carboxylic acids is 1. The van der Waals surface area contributed by atoms with Gasteiger partial charge in [0.05, 0.1) is 20.6 Å². The van der Waals surface area contributed by atoms with Gasteiger partial charge in [0.25, 0.3) is 15.7 Å². The van der Waals surface area contributed by atoms with E-state index < -0.39 is 20.7 Å². The van der Waals surface area contributed by atoms with Crippen molar-refractivity contribution in [3.05, 3.63) is 80.9 Å². The normalized spacial score (nSPS) is 15.6. The summed E-state index contributed by atoms with van der Waals surface area (Å²) in [6, 6.07) is 10.9. The van der Waals surface area contributed by atoms with E-state index in [2.05, 4.69) is 4.40 Å². The molecule has 25 heavy (non-hydrogen) atoms. The van der Waals surface area contributed by atoms with Gasteiger partial charge in [-0.25, -0.2) is 0 Å². The number of hydrogen-bond donors (Lipinski definition) is 0. The molecule has 1 aliphatic rings. The average molecular weight is 377 g/mol. The highest BCUT2D eigenvalue weighted by atomic mass is 35.5. The first-order valence-electron chi connectivity index (χ1n) is 6.90. The number of fused-ring (bicyclic) bond motifs is 1. The lowest BCUT2D eigenvalue weighted by Crippen LogP contribution is -2.16. The molecule has 126 valence electrons. The van der Waals surface area contributed by atoms with Gasteiger partial charge in [0.2, 0.25) is 5.78 Å². The number of nitro benzene ring substituents is 1. The topological polar surface area (TPSA) is 107 Å². The molecule has 0 heterocycles. The molecule has 0 amide bonds. The molecule has 9 heteroatoms. The van der Waals surface area contributed by atoms with Crippen LogP contribution in [0.4, 0.5) is 5.69 Å². The summed E-state index contributed by atoms with van der Waals surface area (Å²) in [4.78, 5) is 21.8. The van der Waals surface area contributed by atoms with E-state index in [0.717, 1.165) is 6.07 Å². The Morgan fingerprint density at radius 2 is 1.72 bits per heavy atom. The minimum Gasteiger partial charge on any atom is -0.288 e. The van der Waals surface area contributed by atoms with Gasteiger partial charge in [-0.1, -0.05) is 41.9 Å². The summed E-state index contributed by atoms with van der Waals surface area (Å²) in [5, 5.41) is 10.7. The van der Waals surface area contributed by atoms with E-state index in [0.29, 0.717) is 5.56 Å². The third kappa shape index (κ3) is 3.21. The second-order valence-corrected chi connectivity index (χ2v) is 7.08. The summed E-state index contributed by atoms with van der Waals surface area (Å²) < 4.78 is 28.7. The zero-order chi connectivity index (χ0) is 18.2. The molecule has 0 bridgehead atoms. The van der Waals surface area contributed by atoms with Crippen LogP contribution >= 0.6 is 11.6 Å². The first-order valence-corrected chi connectivity index (χ1v) is 8.72. The van der Waals surface area contributed by atoms with Crippen molar-refractivity contribution in [2.75, 3.05) is 0 Å². The summed E-state index contributed by atoms with van der Waals surface area (Å²) in [7, 11) is -4.23. The fraction of sp³-hybridized carbons (Fsp3) is 0. The number of nitro groups is 1. The molecular formula is C16H9ClN2O5S. The summed E-state index contributed by atoms with van der Waals surface area (Å²) >= 11 is 5.88. The molecule has 1 aliphatic carbocycles. The molecule has 0 saturated carbocycles. The third-order valence-corrected chi connectivity index (χ3v) is 5.04. The van der Waals surface area contributed by atoms with Gasteiger partial charge in [-0.2, -0.15) is 12.8 Å². The minimum absolute atomic E-state index is 0.00768. The van der Waals surface area contributed by atoms with Crippen molar-refractivity contribution in [1.29, 1.82) is 0 Å². The van der Waals surface area contributed by atoms with Crippen molar-refractivity contribution in [2.24, 2.45) is 4.40 Å². The van der Waals surface area contributed by atoms with Crippen LogP contribution in [-0.2, 0) is 10.0 Å². The number of rotatable bonds is 3. The fourth-order valence-electron chi connectivity index (χ4n) is 2.31. The Morgan fingerprint density at radius 3 is 2.40 bits per heavy atom. The first-order chi connectivity index (χ1) is 11.8. The zero-order valence-electron chi connectivity index (χ0n) is 12.4. The molecule has 0 N–H and O–H groups in total. The molecule has 0 fully saturated rings. The summed E-state index contributed by atoms with van der Waals surface area (Å²) in [6.45, 7) is 0. The molecule has 0 spiro atoms. The molecule has 0 saturated heterocycles. The molecule has 2 aromatic carbocycles. The molecule has 0 aliphatic heterocycles. The maximum atomic E-state index is 12.5. The zero-order valence-corrected chi connectivity index (χ0v) is 14.0. The number of hydrogen-bond acceptors (Lipinski definition) is 5. The number of Topliss-reactive ketones (excluding diaryl/α,β-unsaturated/α-hetero) is 1. The van der Waals surface area contributed by atoms with Crippen LogP contribution in [0.3, 0.4) is 0 Å². The van der Waals surface area contributed by atoms with Crippen LogP contribution in [0, 0.1) is 10.1 Å². The van der Waals surface area contributed by atoms with Gasteiger partial charge in [-0.05, 0) is 12.1 Å². The second kappa shape index (κ2) is 6.23. The SMILES string of the molecule is O=C1C(Cl)=CC(=NS(=O)(=O)c2cccc([N+](=O)[O-])c2)c2ccccc21. The van der Waals surface area contributed by atoms with Gasteiger partial charge in [0.15, 0.2) is 0 Å². The first kappa shape index (κ1) is 17.0. The third-order valence-electron chi connectivity index (χ3n) is 3.47. The van der Waals surface area contributed by atoms with Gasteiger partial charge in [-0.3, -0.25) is 14.9 Å². The lowest BCUT2D eigenvalue weighted by atomic mass is 9.94. The number of nitrogens with zero attached hydrogens (tertiary/aromatic N) is 2. The van der Waals surface area contributed by atoms with Gasteiger partial charge >= 0.3 is 0 Å². The number of halogens is 1. The van der Waals surface area contributed by atoms with E-state index in [4.69, 9.17) is 11.6 Å². The van der Waals surface area contributed by atoms with Gasteiger partial charge in [0, 0.05) is 23.3 Å². The summed E-state index contributed by atoms with van der Waals surface area (Å²) in [6.07, 6.45) is 1.17. The number of allylic oxidation sites excluding steroid dienone is 2. The molecule has 0 atom stereocenters. The van der Waals surface area contributed by atoms with E-state index >= 15 is 0 Å². The van der Waals surface area contributed by atoms with Gasteiger partial charge in [0.1, 0.15) is 0 Å². The average Bonchev–Trinajstić information content (AvgIpc) is 2.59. The van der Waals surface area contributed by atoms with Crippen molar-refractivity contribution in [3.8, 4) is 0 Å². The Balaban J connectivity index is 2.15. The lowest BCUT2D eigenvalue weighted by Gasteiger charge is -2.13. The van der Waals surface area contributed by atoms with Crippen molar-refractivity contribution in [3.63, 3.8) is 0 Å². The number of non-ortho nitro benzene ring substituents is 1. The maximum Gasteiger partial charge on any atom is 0.283 e.